The molecule has 0 spiro atoms. The molecule has 0 saturated carbocycles. The van der Waals surface area contributed by atoms with Crippen LogP contribution in [0, 0.1) is 11.6 Å². The van der Waals surface area contributed by atoms with Gasteiger partial charge in [0.05, 0.1) is 0 Å². The second-order valence-corrected chi connectivity index (χ2v) is 2.97. The Labute approximate surface area is 81.7 Å². The zero-order valence-corrected chi connectivity index (χ0v) is 7.71. The van der Waals surface area contributed by atoms with E-state index in [4.69, 9.17) is 5.11 Å². The van der Waals surface area contributed by atoms with Crippen molar-refractivity contribution in [2.24, 2.45) is 0 Å². The molecule has 76 valence electrons. The minimum atomic E-state index is -0.560. The molecular weight excluding hydrogens is 186 g/mol. The third-order valence-electron chi connectivity index (χ3n) is 1.74. The molecule has 14 heavy (non-hydrogen) atoms. The minimum Gasteiger partial charge on any atom is -0.396 e. The molecule has 0 unspecified atom stereocenters. The molecule has 0 aliphatic heterocycles. The summed E-state index contributed by atoms with van der Waals surface area (Å²) < 4.78 is 25.4. The Morgan fingerprint density at radius 2 is 1.71 bits per heavy atom. The topological polar surface area (TPSA) is 20.2 Å². The van der Waals surface area contributed by atoms with Crippen LogP contribution in [-0.2, 0) is 6.42 Å². The summed E-state index contributed by atoms with van der Waals surface area (Å²) in [7, 11) is 0. The van der Waals surface area contributed by atoms with Crippen LogP contribution >= 0.6 is 0 Å². The van der Waals surface area contributed by atoms with E-state index in [9.17, 15) is 8.78 Å². The van der Waals surface area contributed by atoms with Crippen molar-refractivity contribution >= 4 is 0 Å². The average molecular weight is 198 g/mol. The van der Waals surface area contributed by atoms with Gasteiger partial charge in [0.2, 0.25) is 0 Å². The predicted molar refractivity (Wildman–Crippen MR) is 50.9 cm³/mol. The highest BCUT2D eigenvalue weighted by atomic mass is 19.1. The number of aliphatic hydroxyl groups excluding tert-OH is 1. The highest BCUT2D eigenvalue weighted by Crippen LogP contribution is 2.08. The second-order valence-electron chi connectivity index (χ2n) is 2.97. The number of halogens is 2. The Morgan fingerprint density at radius 3 is 2.29 bits per heavy atom. The first kappa shape index (κ1) is 10.9. The Balaban J connectivity index is 2.58. The Morgan fingerprint density at radius 1 is 1.07 bits per heavy atom. The normalized spacial score (nSPS) is 11.1. The number of hydrogen-bond donors (Lipinski definition) is 1. The lowest BCUT2D eigenvalue weighted by Crippen LogP contribution is -1.87. The molecule has 0 fully saturated rings. The molecule has 1 N–H and O–H groups in total. The van der Waals surface area contributed by atoms with Gasteiger partial charge in [-0.15, -0.1) is 0 Å². The van der Waals surface area contributed by atoms with Crippen LogP contribution in [0.25, 0.3) is 0 Å². The predicted octanol–water partition coefficient (Wildman–Crippen LogP) is 2.45. The van der Waals surface area contributed by atoms with Gasteiger partial charge in [-0.05, 0) is 30.5 Å². The molecule has 3 heteroatoms. The molecule has 1 aromatic carbocycles. The first-order valence-corrected chi connectivity index (χ1v) is 4.43. The summed E-state index contributed by atoms with van der Waals surface area (Å²) in [5, 5.41) is 8.48. The molecule has 0 aliphatic carbocycles. The Kier molecular flexibility index (Phi) is 4.26. The monoisotopic (exact) mass is 198 g/mol. The van der Waals surface area contributed by atoms with Crippen LogP contribution in [0.3, 0.4) is 0 Å². The maximum absolute atomic E-state index is 12.7. The largest absolute Gasteiger partial charge is 0.396 e. The highest BCUT2D eigenvalue weighted by molar-refractivity contribution is 5.20. The SMILES string of the molecule is OCC/C=C\Cc1cc(F)cc(F)c1. The summed E-state index contributed by atoms with van der Waals surface area (Å²) >= 11 is 0. The summed E-state index contributed by atoms with van der Waals surface area (Å²) in [6.45, 7) is 0.0913. The maximum atomic E-state index is 12.7. The number of hydrogen-bond acceptors (Lipinski definition) is 1. The van der Waals surface area contributed by atoms with Gasteiger partial charge < -0.3 is 5.11 Å². The van der Waals surface area contributed by atoms with Crippen LogP contribution in [0.4, 0.5) is 8.78 Å². The van der Waals surface area contributed by atoms with Gasteiger partial charge in [0.1, 0.15) is 11.6 Å². The van der Waals surface area contributed by atoms with Gasteiger partial charge in [-0.3, -0.25) is 0 Å². The molecule has 0 amide bonds. The summed E-state index contributed by atoms with van der Waals surface area (Å²) in [5.41, 5.74) is 0.594. The molecule has 1 rings (SSSR count). The van der Waals surface area contributed by atoms with Gasteiger partial charge in [0.15, 0.2) is 0 Å². The van der Waals surface area contributed by atoms with Crippen molar-refractivity contribution in [3.8, 4) is 0 Å². The molecule has 0 aliphatic rings. The summed E-state index contributed by atoms with van der Waals surface area (Å²) in [6.07, 6.45) is 4.61. The molecule has 0 bridgehead atoms. The quantitative estimate of drug-likeness (QED) is 0.737. The highest BCUT2D eigenvalue weighted by Gasteiger charge is 1.98. The van der Waals surface area contributed by atoms with E-state index in [2.05, 4.69) is 0 Å². The van der Waals surface area contributed by atoms with Crippen LogP contribution in [0.2, 0.25) is 0 Å². The van der Waals surface area contributed by atoms with E-state index in [1.165, 1.54) is 12.1 Å². The van der Waals surface area contributed by atoms with Crippen molar-refractivity contribution in [1.29, 1.82) is 0 Å². The lowest BCUT2D eigenvalue weighted by Gasteiger charge is -1.97. The van der Waals surface area contributed by atoms with E-state index in [1.807, 2.05) is 0 Å². The van der Waals surface area contributed by atoms with E-state index in [0.29, 0.717) is 18.4 Å². The lowest BCUT2D eigenvalue weighted by atomic mass is 10.1. The molecular formula is C11H12F2O. The Bertz CT molecular complexity index is 301. The number of rotatable bonds is 4. The third-order valence-corrected chi connectivity index (χ3v) is 1.74. The van der Waals surface area contributed by atoms with Gasteiger partial charge in [-0.25, -0.2) is 8.78 Å². The van der Waals surface area contributed by atoms with Crippen molar-refractivity contribution in [2.45, 2.75) is 12.8 Å². The van der Waals surface area contributed by atoms with Crippen molar-refractivity contribution in [2.75, 3.05) is 6.61 Å². The van der Waals surface area contributed by atoms with Gasteiger partial charge in [0.25, 0.3) is 0 Å². The van der Waals surface area contributed by atoms with E-state index in [0.717, 1.165) is 6.07 Å². The number of aliphatic hydroxyl groups is 1. The van der Waals surface area contributed by atoms with Gasteiger partial charge >= 0.3 is 0 Å². The standard InChI is InChI=1S/C11H12F2O/c12-10-6-9(7-11(13)8-10)4-2-1-3-5-14/h1-2,6-8,14H,3-5H2/b2-1-. The van der Waals surface area contributed by atoms with Crippen LogP contribution in [0.15, 0.2) is 30.4 Å². The molecule has 0 atom stereocenters. The summed E-state index contributed by atoms with van der Waals surface area (Å²) in [4.78, 5) is 0. The van der Waals surface area contributed by atoms with E-state index >= 15 is 0 Å². The maximum Gasteiger partial charge on any atom is 0.126 e. The summed E-state index contributed by atoms with van der Waals surface area (Å²) in [5.74, 6) is -1.12. The van der Waals surface area contributed by atoms with Crippen molar-refractivity contribution in [1.82, 2.24) is 0 Å². The Hall–Kier alpha value is -1.22. The second kappa shape index (κ2) is 5.50. The van der Waals surface area contributed by atoms with Crippen LogP contribution < -0.4 is 0 Å². The van der Waals surface area contributed by atoms with Crippen LogP contribution in [0.1, 0.15) is 12.0 Å². The van der Waals surface area contributed by atoms with Gasteiger partial charge in [-0.1, -0.05) is 12.2 Å². The van der Waals surface area contributed by atoms with E-state index < -0.39 is 11.6 Å². The molecule has 0 saturated heterocycles. The van der Waals surface area contributed by atoms with E-state index in [1.54, 1.807) is 12.2 Å². The fraction of sp³-hybridized carbons (Fsp3) is 0.273. The van der Waals surface area contributed by atoms with Gasteiger partial charge in [0, 0.05) is 12.7 Å². The first-order chi connectivity index (χ1) is 6.72. The van der Waals surface area contributed by atoms with Crippen LogP contribution in [-0.4, -0.2) is 11.7 Å². The fourth-order valence-electron chi connectivity index (χ4n) is 1.14. The summed E-state index contributed by atoms with van der Waals surface area (Å²) in [6, 6.07) is 3.44. The van der Waals surface area contributed by atoms with Crippen LogP contribution in [0.5, 0.6) is 0 Å². The zero-order chi connectivity index (χ0) is 10.4. The third kappa shape index (κ3) is 3.66. The number of benzene rings is 1. The molecule has 0 radical (unpaired) electrons. The average Bonchev–Trinajstić information content (AvgIpc) is 2.11. The first-order valence-electron chi connectivity index (χ1n) is 4.43. The van der Waals surface area contributed by atoms with E-state index in [-0.39, 0.29) is 6.61 Å². The number of allylic oxidation sites excluding steroid dienone is 1. The molecule has 0 heterocycles. The van der Waals surface area contributed by atoms with Crippen molar-refractivity contribution in [3.05, 3.63) is 47.5 Å². The molecule has 1 aromatic rings. The molecule has 0 aromatic heterocycles. The van der Waals surface area contributed by atoms with Crippen molar-refractivity contribution < 1.29 is 13.9 Å². The fourth-order valence-corrected chi connectivity index (χ4v) is 1.14. The minimum absolute atomic E-state index is 0.0913. The van der Waals surface area contributed by atoms with Crippen molar-refractivity contribution in [3.63, 3.8) is 0 Å². The smallest absolute Gasteiger partial charge is 0.126 e. The van der Waals surface area contributed by atoms with Gasteiger partial charge in [-0.2, -0.15) is 0 Å². The zero-order valence-electron chi connectivity index (χ0n) is 7.71. The molecule has 1 nitrogen and oxygen atoms in total. The lowest BCUT2D eigenvalue weighted by molar-refractivity contribution is 0.302.